The van der Waals surface area contributed by atoms with Crippen LogP contribution in [0.25, 0.3) is 0 Å². The van der Waals surface area contributed by atoms with Crippen molar-refractivity contribution in [3.8, 4) is 0 Å². The third-order valence-corrected chi connectivity index (χ3v) is 4.20. The molecular weight excluding hydrogens is 322 g/mol. The van der Waals surface area contributed by atoms with Gasteiger partial charge in [-0.05, 0) is 12.5 Å². The lowest BCUT2D eigenvalue weighted by Gasteiger charge is -2.29. The molecule has 3 amide bonds. The van der Waals surface area contributed by atoms with Crippen molar-refractivity contribution in [3.05, 3.63) is 35.9 Å². The van der Waals surface area contributed by atoms with Gasteiger partial charge in [-0.25, -0.2) is 4.79 Å². The van der Waals surface area contributed by atoms with Gasteiger partial charge in [0.1, 0.15) is 6.54 Å². The molecule has 1 saturated heterocycles. The second kappa shape index (κ2) is 8.62. The average molecular weight is 347 g/mol. The molecule has 1 aromatic carbocycles. The van der Waals surface area contributed by atoms with E-state index in [1.54, 1.807) is 13.8 Å². The summed E-state index contributed by atoms with van der Waals surface area (Å²) in [5.41, 5.74) is 1.07. The van der Waals surface area contributed by atoms with Crippen molar-refractivity contribution in [2.45, 2.75) is 20.4 Å². The number of carbonyl (C=O) groups excluding carboxylic acids is 3. The van der Waals surface area contributed by atoms with Crippen LogP contribution in [-0.2, 0) is 20.9 Å². The van der Waals surface area contributed by atoms with Crippen LogP contribution in [0, 0.1) is 5.92 Å². The van der Waals surface area contributed by atoms with Crippen molar-refractivity contribution < 1.29 is 19.1 Å². The molecule has 0 aromatic heterocycles. The van der Waals surface area contributed by atoms with Crippen molar-refractivity contribution in [1.29, 1.82) is 0 Å². The van der Waals surface area contributed by atoms with Crippen LogP contribution in [0.15, 0.2) is 30.3 Å². The van der Waals surface area contributed by atoms with Crippen molar-refractivity contribution in [3.63, 3.8) is 0 Å². The summed E-state index contributed by atoms with van der Waals surface area (Å²) in [4.78, 5) is 40.7. The first kappa shape index (κ1) is 18.9. The zero-order valence-corrected chi connectivity index (χ0v) is 15.0. The Morgan fingerprint density at radius 2 is 1.96 bits per heavy atom. The number of benzene rings is 1. The largest absolute Gasteiger partial charge is 0.469 e. The first-order valence-electron chi connectivity index (χ1n) is 8.39. The molecule has 2 rings (SSSR count). The molecule has 0 spiro atoms. The number of ether oxygens (including phenoxy) is 1. The van der Waals surface area contributed by atoms with Crippen LogP contribution in [0.5, 0.6) is 0 Å². The molecule has 0 N–H and O–H groups in total. The quantitative estimate of drug-likeness (QED) is 0.527. The molecular formula is C18H25N3O4. The summed E-state index contributed by atoms with van der Waals surface area (Å²) in [7, 11) is 1.36. The number of imide groups is 1. The maximum Gasteiger partial charge on any atom is 0.328 e. The van der Waals surface area contributed by atoms with Crippen LogP contribution < -0.4 is 0 Å². The minimum atomic E-state index is -0.329. The summed E-state index contributed by atoms with van der Waals surface area (Å²) >= 11 is 0. The molecule has 0 aliphatic carbocycles. The maximum absolute atomic E-state index is 12.3. The summed E-state index contributed by atoms with van der Waals surface area (Å²) in [6.45, 7) is 5.31. The Bertz CT molecular complexity index is 620. The van der Waals surface area contributed by atoms with Gasteiger partial charge in [0.05, 0.1) is 19.7 Å². The monoisotopic (exact) mass is 347 g/mol. The maximum atomic E-state index is 12.3. The Balaban J connectivity index is 2.09. The van der Waals surface area contributed by atoms with Gasteiger partial charge in [0.2, 0.25) is 5.91 Å². The number of hydrogen-bond donors (Lipinski definition) is 0. The van der Waals surface area contributed by atoms with Gasteiger partial charge in [-0.1, -0.05) is 37.3 Å². The highest BCUT2D eigenvalue weighted by atomic mass is 16.5. The molecule has 0 radical (unpaired) electrons. The van der Waals surface area contributed by atoms with Crippen LogP contribution in [0.2, 0.25) is 0 Å². The average Bonchev–Trinajstić information content (AvgIpc) is 2.87. The van der Waals surface area contributed by atoms with Crippen molar-refractivity contribution >= 4 is 17.9 Å². The Morgan fingerprint density at radius 3 is 2.52 bits per heavy atom. The second-order valence-corrected chi connectivity index (χ2v) is 6.18. The van der Waals surface area contributed by atoms with E-state index in [4.69, 9.17) is 4.74 Å². The molecule has 1 fully saturated rings. The van der Waals surface area contributed by atoms with Gasteiger partial charge in [0.25, 0.3) is 0 Å². The molecule has 1 aliphatic heterocycles. The number of carbonyl (C=O) groups is 3. The molecule has 1 aliphatic rings. The third-order valence-electron chi connectivity index (χ3n) is 4.20. The molecule has 7 heteroatoms. The summed E-state index contributed by atoms with van der Waals surface area (Å²) in [5.74, 6) is -0.811. The highest BCUT2D eigenvalue weighted by Gasteiger charge is 2.35. The number of esters is 1. The molecule has 0 unspecified atom stereocenters. The van der Waals surface area contributed by atoms with E-state index in [1.165, 1.54) is 16.9 Å². The van der Waals surface area contributed by atoms with Crippen LogP contribution in [0.1, 0.15) is 19.4 Å². The fraction of sp³-hybridized carbons (Fsp3) is 0.500. The second-order valence-electron chi connectivity index (χ2n) is 6.18. The Hall–Kier alpha value is -2.41. The first-order valence-corrected chi connectivity index (χ1v) is 8.39. The van der Waals surface area contributed by atoms with E-state index < -0.39 is 0 Å². The van der Waals surface area contributed by atoms with E-state index in [1.807, 2.05) is 35.2 Å². The summed E-state index contributed by atoms with van der Waals surface area (Å²) < 4.78 is 4.80. The first-order chi connectivity index (χ1) is 12.0. The lowest BCUT2D eigenvalue weighted by molar-refractivity contribution is -0.145. The molecule has 7 nitrogen and oxygen atoms in total. The van der Waals surface area contributed by atoms with Gasteiger partial charge < -0.3 is 9.64 Å². The van der Waals surface area contributed by atoms with Gasteiger partial charge in [-0.3, -0.25) is 19.4 Å². The van der Waals surface area contributed by atoms with E-state index in [-0.39, 0.29) is 37.0 Å². The van der Waals surface area contributed by atoms with Crippen molar-refractivity contribution in [1.82, 2.24) is 14.7 Å². The normalized spacial score (nSPS) is 15.8. The van der Waals surface area contributed by atoms with Crippen LogP contribution in [-0.4, -0.2) is 66.0 Å². The van der Waals surface area contributed by atoms with Crippen LogP contribution >= 0.6 is 0 Å². The van der Waals surface area contributed by atoms with Crippen molar-refractivity contribution in [2.24, 2.45) is 5.92 Å². The fourth-order valence-electron chi connectivity index (χ4n) is 2.93. The van der Waals surface area contributed by atoms with Crippen LogP contribution in [0.4, 0.5) is 4.79 Å². The fourth-order valence-corrected chi connectivity index (χ4v) is 2.93. The number of amides is 3. The zero-order valence-electron chi connectivity index (χ0n) is 15.0. The number of methoxy groups -OCH3 is 1. The summed E-state index contributed by atoms with van der Waals surface area (Å²) in [5, 5.41) is 0. The lowest BCUT2D eigenvalue weighted by Crippen LogP contribution is -2.43. The number of nitrogens with zero attached hydrogens (tertiary/aromatic N) is 3. The minimum absolute atomic E-state index is 0.0740. The van der Waals surface area contributed by atoms with E-state index in [0.717, 1.165) is 5.56 Å². The third kappa shape index (κ3) is 4.79. The van der Waals surface area contributed by atoms with Crippen LogP contribution in [0.3, 0.4) is 0 Å². The standard InChI is InChI=1S/C18H25N3O4/c1-4-21-16(22)12-20(18(21)24)13-19(10-14(2)17(23)25-3)11-15-8-6-5-7-9-15/h5-9,14H,4,10-13H2,1-3H3/t14-/m1/s1. The summed E-state index contributed by atoms with van der Waals surface area (Å²) in [6.07, 6.45) is 0. The number of likely N-dealkylation sites (N-methyl/N-ethyl adjacent to an activating group) is 1. The number of rotatable bonds is 8. The van der Waals surface area contributed by atoms with Crippen molar-refractivity contribution in [2.75, 3.05) is 33.4 Å². The molecule has 1 heterocycles. The Kier molecular flexibility index (Phi) is 6.52. The highest BCUT2D eigenvalue weighted by molar-refractivity contribution is 6.01. The summed E-state index contributed by atoms with van der Waals surface area (Å²) in [6, 6.07) is 9.53. The SMILES string of the molecule is CCN1C(=O)CN(CN(Cc2ccccc2)C[C@@H](C)C(=O)OC)C1=O. The smallest absolute Gasteiger partial charge is 0.328 e. The van der Waals surface area contributed by atoms with Gasteiger partial charge >= 0.3 is 12.0 Å². The van der Waals surface area contributed by atoms with E-state index in [9.17, 15) is 14.4 Å². The molecule has 136 valence electrons. The lowest BCUT2D eigenvalue weighted by atomic mass is 10.1. The molecule has 0 saturated carbocycles. The molecule has 0 bridgehead atoms. The predicted octanol–water partition coefficient (Wildman–Crippen LogP) is 1.54. The van der Waals surface area contributed by atoms with Gasteiger partial charge in [0.15, 0.2) is 0 Å². The van der Waals surface area contributed by atoms with Gasteiger partial charge in [-0.15, -0.1) is 0 Å². The van der Waals surface area contributed by atoms with E-state index in [2.05, 4.69) is 0 Å². The number of urea groups is 1. The predicted molar refractivity (Wildman–Crippen MR) is 92.4 cm³/mol. The molecule has 25 heavy (non-hydrogen) atoms. The molecule has 1 atom stereocenters. The Labute approximate surface area is 148 Å². The highest BCUT2D eigenvalue weighted by Crippen LogP contribution is 2.14. The number of hydrogen-bond acceptors (Lipinski definition) is 5. The minimum Gasteiger partial charge on any atom is -0.469 e. The zero-order chi connectivity index (χ0) is 18.4. The van der Waals surface area contributed by atoms with Gasteiger partial charge in [0, 0.05) is 19.6 Å². The van der Waals surface area contributed by atoms with Gasteiger partial charge in [-0.2, -0.15) is 0 Å². The topological polar surface area (TPSA) is 70.2 Å². The van der Waals surface area contributed by atoms with E-state index >= 15 is 0 Å². The Morgan fingerprint density at radius 1 is 1.28 bits per heavy atom. The van der Waals surface area contributed by atoms with E-state index in [0.29, 0.717) is 19.6 Å². The molecule has 1 aromatic rings.